The van der Waals surface area contributed by atoms with E-state index in [1.165, 1.54) is 0 Å². The highest BCUT2D eigenvalue weighted by Crippen LogP contribution is 2.35. The number of fused-ring (bicyclic) bond motifs is 1. The molecule has 0 unspecified atom stereocenters. The fourth-order valence-corrected chi connectivity index (χ4v) is 5.63. The number of benzene rings is 1. The summed E-state index contributed by atoms with van der Waals surface area (Å²) >= 11 is 9.37. The molecular weight excluding hydrogens is 352 g/mol. The standard InChI is InChI=1S/C12H14BrClN2O2S/c13-9-1-2-12(10(14)5-9)19(17,18)16-4-3-8-6-15-7-11(8)16/h1-2,5,8,11,15H,3-4,6-7H2/t8-,11+/m0/s1. The van der Waals surface area contributed by atoms with Gasteiger partial charge in [-0.25, -0.2) is 8.42 Å². The SMILES string of the molecule is O=S(=O)(c1ccc(Br)cc1Cl)N1CC[C@H]2CNC[C@H]21. The summed E-state index contributed by atoms with van der Waals surface area (Å²) in [5, 5.41) is 3.52. The highest BCUT2D eigenvalue weighted by Gasteiger charge is 2.44. The Balaban J connectivity index is 1.98. The van der Waals surface area contributed by atoms with Gasteiger partial charge >= 0.3 is 0 Å². The second-order valence-corrected chi connectivity index (χ2v) is 8.15. The van der Waals surface area contributed by atoms with Crippen molar-refractivity contribution in [3.05, 3.63) is 27.7 Å². The molecule has 2 saturated heterocycles. The number of halogens is 2. The normalized spacial score (nSPS) is 27.7. The van der Waals surface area contributed by atoms with Crippen LogP contribution in [0.1, 0.15) is 6.42 Å². The molecule has 2 fully saturated rings. The van der Waals surface area contributed by atoms with Crippen molar-refractivity contribution in [1.82, 2.24) is 9.62 Å². The molecule has 0 aromatic heterocycles. The molecule has 2 aliphatic heterocycles. The lowest BCUT2D eigenvalue weighted by Gasteiger charge is -2.23. The molecule has 3 rings (SSSR count). The van der Waals surface area contributed by atoms with Crippen LogP contribution in [0.3, 0.4) is 0 Å². The van der Waals surface area contributed by atoms with Crippen molar-refractivity contribution in [2.45, 2.75) is 17.4 Å². The smallest absolute Gasteiger partial charge is 0.244 e. The molecule has 1 aromatic rings. The Morgan fingerprint density at radius 2 is 2.16 bits per heavy atom. The molecular formula is C12H14BrClN2O2S. The van der Waals surface area contributed by atoms with E-state index < -0.39 is 10.0 Å². The monoisotopic (exact) mass is 364 g/mol. The van der Waals surface area contributed by atoms with Crippen LogP contribution >= 0.6 is 27.5 Å². The number of nitrogens with zero attached hydrogens (tertiary/aromatic N) is 1. The minimum atomic E-state index is -3.50. The zero-order chi connectivity index (χ0) is 13.6. The van der Waals surface area contributed by atoms with Gasteiger partial charge in [-0.15, -0.1) is 0 Å². The van der Waals surface area contributed by atoms with Crippen molar-refractivity contribution in [2.75, 3.05) is 19.6 Å². The molecule has 2 atom stereocenters. The first-order chi connectivity index (χ1) is 9.00. The van der Waals surface area contributed by atoms with Gasteiger partial charge < -0.3 is 5.32 Å². The molecule has 0 bridgehead atoms. The maximum Gasteiger partial charge on any atom is 0.244 e. The second-order valence-electron chi connectivity index (χ2n) is 4.96. The van der Waals surface area contributed by atoms with Gasteiger partial charge in [-0.2, -0.15) is 4.31 Å². The van der Waals surface area contributed by atoms with E-state index in [0.717, 1.165) is 24.0 Å². The van der Waals surface area contributed by atoms with Crippen LogP contribution in [0.4, 0.5) is 0 Å². The number of sulfonamides is 1. The van der Waals surface area contributed by atoms with Gasteiger partial charge in [-0.1, -0.05) is 27.5 Å². The van der Waals surface area contributed by atoms with Gasteiger partial charge in [0.2, 0.25) is 10.0 Å². The molecule has 0 amide bonds. The maximum atomic E-state index is 12.7. The molecule has 104 valence electrons. The molecule has 1 aromatic carbocycles. The van der Waals surface area contributed by atoms with Gasteiger partial charge in [0.15, 0.2) is 0 Å². The molecule has 2 heterocycles. The van der Waals surface area contributed by atoms with Gasteiger partial charge in [-0.3, -0.25) is 0 Å². The van der Waals surface area contributed by atoms with Crippen molar-refractivity contribution >= 4 is 37.6 Å². The number of hydrogen-bond donors (Lipinski definition) is 1. The summed E-state index contributed by atoms with van der Waals surface area (Å²) in [6.07, 6.45) is 0.922. The average Bonchev–Trinajstić information content (AvgIpc) is 2.88. The van der Waals surface area contributed by atoms with Crippen LogP contribution in [0, 0.1) is 5.92 Å². The van der Waals surface area contributed by atoms with Crippen molar-refractivity contribution in [3.63, 3.8) is 0 Å². The molecule has 0 radical (unpaired) electrons. The van der Waals surface area contributed by atoms with E-state index in [2.05, 4.69) is 21.2 Å². The van der Waals surface area contributed by atoms with Crippen molar-refractivity contribution in [1.29, 1.82) is 0 Å². The zero-order valence-corrected chi connectivity index (χ0v) is 13.3. The lowest BCUT2D eigenvalue weighted by Crippen LogP contribution is -2.39. The van der Waals surface area contributed by atoms with E-state index in [1.54, 1.807) is 22.5 Å². The zero-order valence-electron chi connectivity index (χ0n) is 10.1. The first kappa shape index (κ1) is 13.8. The summed E-state index contributed by atoms with van der Waals surface area (Å²) in [7, 11) is -3.50. The van der Waals surface area contributed by atoms with Gasteiger partial charge in [0, 0.05) is 23.6 Å². The van der Waals surface area contributed by atoms with Crippen molar-refractivity contribution in [2.24, 2.45) is 5.92 Å². The van der Waals surface area contributed by atoms with E-state index in [0.29, 0.717) is 12.5 Å². The molecule has 7 heteroatoms. The van der Waals surface area contributed by atoms with Crippen LogP contribution in [0.5, 0.6) is 0 Å². The van der Waals surface area contributed by atoms with E-state index in [1.807, 2.05) is 0 Å². The number of rotatable bonds is 2. The molecule has 19 heavy (non-hydrogen) atoms. The Kier molecular flexibility index (Phi) is 3.64. The van der Waals surface area contributed by atoms with Crippen molar-refractivity contribution in [3.8, 4) is 0 Å². The van der Waals surface area contributed by atoms with Gasteiger partial charge in [0.05, 0.1) is 5.02 Å². The Morgan fingerprint density at radius 3 is 2.89 bits per heavy atom. The highest BCUT2D eigenvalue weighted by atomic mass is 79.9. The Hall–Kier alpha value is -0.140. The Morgan fingerprint density at radius 1 is 1.37 bits per heavy atom. The largest absolute Gasteiger partial charge is 0.315 e. The van der Waals surface area contributed by atoms with Crippen LogP contribution in [-0.2, 0) is 10.0 Å². The van der Waals surface area contributed by atoms with E-state index in [4.69, 9.17) is 11.6 Å². The van der Waals surface area contributed by atoms with Crippen LogP contribution in [0.15, 0.2) is 27.6 Å². The summed E-state index contributed by atoms with van der Waals surface area (Å²) in [6.45, 7) is 2.23. The molecule has 0 spiro atoms. The summed E-state index contributed by atoms with van der Waals surface area (Å²) in [4.78, 5) is 0.199. The van der Waals surface area contributed by atoms with Gasteiger partial charge in [0.1, 0.15) is 4.90 Å². The first-order valence-corrected chi connectivity index (χ1v) is 8.79. The predicted molar refractivity (Wildman–Crippen MR) is 77.8 cm³/mol. The average molecular weight is 366 g/mol. The molecule has 2 aliphatic rings. The summed E-state index contributed by atoms with van der Waals surface area (Å²) in [6, 6.07) is 4.97. The third-order valence-corrected chi connectivity index (χ3v) is 6.78. The van der Waals surface area contributed by atoms with Gasteiger partial charge in [-0.05, 0) is 37.1 Å². The fourth-order valence-electron chi connectivity index (χ4n) is 2.92. The summed E-state index contributed by atoms with van der Waals surface area (Å²) in [5.41, 5.74) is 0. The van der Waals surface area contributed by atoms with Crippen LogP contribution < -0.4 is 5.32 Å². The van der Waals surface area contributed by atoms with Crippen LogP contribution in [-0.4, -0.2) is 38.4 Å². The summed E-state index contributed by atoms with van der Waals surface area (Å²) < 4.78 is 27.8. The predicted octanol–water partition coefficient (Wildman–Crippen LogP) is 2.08. The lowest BCUT2D eigenvalue weighted by molar-refractivity contribution is 0.383. The lowest BCUT2D eigenvalue weighted by atomic mass is 10.1. The number of hydrogen-bond acceptors (Lipinski definition) is 3. The van der Waals surface area contributed by atoms with Crippen LogP contribution in [0.25, 0.3) is 0 Å². The van der Waals surface area contributed by atoms with Crippen molar-refractivity contribution < 1.29 is 8.42 Å². The molecule has 1 N–H and O–H groups in total. The van der Waals surface area contributed by atoms with Gasteiger partial charge in [0.25, 0.3) is 0 Å². The highest BCUT2D eigenvalue weighted by molar-refractivity contribution is 9.10. The third kappa shape index (κ3) is 2.34. The van der Waals surface area contributed by atoms with Crippen LogP contribution in [0.2, 0.25) is 5.02 Å². The Bertz CT molecular complexity index is 608. The Labute approximate surface area is 126 Å². The maximum absolute atomic E-state index is 12.7. The van der Waals surface area contributed by atoms with E-state index >= 15 is 0 Å². The fraction of sp³-hybridized carbons (Fsp3) is 0.500. The third-order valence-electron chi connectivity index (χ3n) is 3.87. The second kappa shape index (κ2) is 5.00. The minimum absolute atomic E-state index is 0.0738. The summed E-state index contributed by atoms with van der Waals surface area (Å²) in [5.74, 6) is 0.434. The first-order valence-electron chi connectivity index (χ1n) is 6.18. The molecule has 0 saturated carbocycles. The quantitative estimate of drug-likeness (QED) is 0.873. The molecule has 0 aliphatic carbocycles. The minimum Gasteiger partial charge on any atom is -0.315 e. The number of nitrogens with one attached hydrogen (secondary N) is 1. The topological polar surface area (TPSA) is 49.4 Å². The van der Waals surface area contributed by atoms with E-state index in [-0.39, 0.29) is 16.0 Å². The van der Waals surface area contributed by atoms with E-state index in [9.17, 15) is 8.42 Å². The molecule has 4 nitrogen and oxygen atoms in total.